The molecule has 0 aromatic carbocycles. The Morgan fingerprint density at radius 1 is 0.941 bits per heavy atom. The van der Waals surface area contributed by atoms with Crippen molar-refractivity contribution in [3.8, 4) is 0 Å². The molecule has 0 heterocycles. The highest BCUT2D eigenvalue weighted by molar-refractivity contribution is 4.92. The molecule has 1 N–H and O–H groups in total. The summed E-state index contributed by atoms with van der Waals surface area (Å²) >= 11 is 0. The monoisotopic (exact) mass is 234 g/mol. The number of allylic oxidation sites excluding steroid dienone is 5. The second-order valence-corrected chi connectivity index (χ2v) is 4.15. The first-order valence-corrected chi connectivity index (χ1v) is 6.49. The van der Waals surface area contributed by atoms with Crippen LogP contribution in [-0.4, -0.2) is 11.7 Å². The van der Waals surface area contributed by atoms with Gasteiger partial charge in [0.25, 0.3) is 0 Å². The van der Waals surface area contributed by atoms with Crippen LogP contribution in [0.2, 0.25) is 0 Å². The van der Waals surface area contributed by atoms with Crippen LogP contribution >= 0.6 is 0 Å². The molecular formula is C16H26O. The first-order chi connectivity index (χ1) is 8.35. The van der Waals surface area contributed by atoms with Crippen molar-refractivity contribution in [1.82, 2.24) is 0 Å². The predicted octanol–water partition coefficient (Wildman–Crippen LogP) is 4.42. The summed E-state index contributed by atoms with van der Waals surface area (Å²) in [6, 6.07) is 0. The molecule has 1 atom stereocenters. The summed E-state index contributed by atoms with van der Waals surface area (Å²) in [5.41, 5.74) is 0. The van der Waals surface area contributed by atoms with E-state index in [2.05, 4.69) is 25.3 Å². The van der Waals surface area contributed by atoms with Gasteiger partial charge in [0.1, 0.15) is 0 Å². The zero-order valence-electron chi connectivity index (χ0n) is 10.9. The SMILES string of the molecule is C=CCCCC=CCC(C=C)CCC=CCO. The number of aliphatic hydroxyl groups excluding tert-OH is 1. The molecule has 96 valence electrons. The minimum absolute atomic E-state index is 0.141. The van der Waals surface area contributed by atoms with Gasteiger partial charge in [-0.05, 0) is 44.4 Å². The minimum Gasteiger partial charge on any atom is -0.392 e. The molecular weight excluding hydrogens is 208 g/mol. The van der Waals surface area contributed by atoms with Crippen molar-refractivity contribution in [2.45, 2.75) is 38.5 Å². The molecule has 17 heavy (non-hydrogen) atoms. The summed E-state index contributed by atoms with van der Waals surface area (Å²) < 4.78 is 0. The molecule has 0 saturated carbocycles. The van der Waals surface area contributed by atoms with Crippen LogP contribution in [0.25, 0.3) is 0 Å². The predicted molar refractivity (Wildman–Crippen MR) is 77.0 cm³/mol. The Balaban J connectivity index is 3.62. The Hall–Kier alpha value is -1.08. The van der Waals surface area contributed by atoms with Crippen molar-refractivity contribution in [3.63, 3.8) is 0 Å². The van der Waals surface area contributed by atoms with Gasteiger partial charge >= 0.3 is 0 Å². The molecule has 0 saturated heterocycles. The van der Waals surface area contributed by atoms with Crippen molar-refractivity contribution < 1.29 is 5.11 Å². The Labute approximate surface area is 106 Å². The van der Waals surface area contributed by atoms with E-state index in [0.29, 0.717) is 5.92 Å². The van der Waals surface area contributed by atoms with Crippen LogP contribution < -0.4 is 0 Å². The van der Waals surface area contributed by atoms with E-state index < -0.39 is 0 Å². The second-order valence-electron chi connectivity index (χ2n) is 4.15. The maximum atomic E-state index is 8.61. The van der Waals surface area contributed by atoms with Crippen LogP contribution in [0.15, 0.2) is 49.6 Å². The zero-order chi connectivity index (χ0) is 12.8. The summed E-state index contributed by atoms with van der Waals surface area (Å²) in [7, 11) is 0. The highest BCUT2D eigenvalue weighted by Crippen LogP contribution is 2.14. The molecule has 0 aliphatic carbocycles. The van der Waals surface area contributed by atoms with Gasteiger partial charge < -0.3 is 5.11 Å². The van der Waals surface area contributed by atoms with E-state index in [1.165, 1.54) is 6.42 Å². The van der Waals surface area contributed by atoms with E-state index in [1.54, 1.807) is 6.08 Å². The number of rotatable bonds is 11. The molecule has 0 bridgehead atoms. The lowest BCUT2D eigenvalue weighted by Crippen LogP contribution is -1.93. The molecule has 0 spiro atoms. The lowest BCUT2D eigenvalue weighted by Gasteiger charge is -2.07. The molecule has 0 aromatic heterocycles. The Morgan fingerprint density at radius 3 is 2.35 bits per heavy atom. The first kappa shape index (κ1) is 15.9. The molecule has 0 aliphatic rings. The van der Waals surface area contributed by atoms with E-state index >= 15 is 0 Å². The van der Waals surface area contributed by atoms with Crippen molar-refractivity contribution in [2.24, 2.45) is 5.92 Å². The summed E-state index contributed by atoms with van der Waals surface area (Å²) in [5.74, 6) is 0.550. The average Bonchev–Trinajstić information content (AvgIpc) is 2.36. The molecule has 0 rings (SSSR count). The molecule has 0 fully saturated rings. The van der Waals surface area contributed by atoms with E-state index in [-0.39, 0.29) is 6.61 Å². The van der Waals surface area contributed by atoms with Gasteiger partial charge in [-0.2, -0.15) is 0 Å². The molecule has 1 unspecified atom stereocenters. The summed E-state index contributed by atoms with van der Waals surface area (Å²) in [5, 5.41) is 8.61. The highest BCUT2D eigenvalue weighted by Gasteiger charge is 1.99. The Bertz CT molecular complexity index is 238. The topological polar surface area (TPSA) is 20.2 Å². The Kier molecular flexibility index (Phi) is 12.2. The van der Waals surface area contributed by atoms with Crippen LogP contribution in [0, 0.1) is 5.92 Å². The van der Waals surface area contributed by atoms with Crippen molar-refractivity contribution in [3.05, 3.63) is 49.6 Å². The molecule has 0 aliphatic heterocycles. The van der Waals surface area contributed by atoms with Crippen molar-refractivity contribution >= 4 is 0 Å². The quantitative estimate of drug-likeness (QED) is 0.414. The molecule has 0 aromatic rings. The normalized spacial score (nSPS) is 13.2. The van der Waals surface area contributed by atoms with Crippen LogP contribution in [0.3, 0.4) is 0 Å². The van der Waals surface area contributed by atoms with Gasteiger partial charge in [0.05, 0.1) is 6.61 Å². The third kappa shape index (κ3) is 11.2. The maximum absolute atomic E-state index is 8.61. The molecule has 0 radical (unpaired) electrons. The van der Waals surface area contributed by atoms with Crippen LogP contribution in [0.1, 0.15) is 38.5 Å². The number of aliphatic hydroxyl groups is 1. The fourth-order valence-electron chi connectivity index (χ4n) is 1.60. The fourth-order valence-corrected chi connectivity index (χ4v) is 1.60. The van der Waals surface area contributed by atoms with E-state index in [9.17, 15) is 0 Å². The lowest BCUT2D eigenvalue weighted by atomic mass is 9.99. The minimum atomic E-state index is 0.141. The molecule has 1 nitrogen and oxygen atoms in total. The van der Waals surface area contributed by atoms with E-state index in [4.69, 9.17) is 5.11 Å². The van der Waals surface area contributed by atoms with Crippen LogP contribution in [0.4, 0.5) is 0 Å². The number of hydrogen-bond acceptors (Lipinski definition) is 1. The summed E-state index contributed by atoms with van der Waals surface area (Å²) in [6.07, 6.45) is 19.0. The van der Waals surface area contributed by atoms with Gasteiger partial charge in [-0.1, -0.05) is 36.5 Å². The first-order valence-electron chi connectivity index (χ1n) is 6.49. The van der Waals surface area contributed by atoms with Crippen molar-refractivity contribution in [2.75, 3.05) is 6.61 Å². The second kappa shape index (κ2) is 13.0. The third-order valence-corrected chi connectivity index (χ3v) is 2.69. The fraction of sp³-hybridized carbons (Fsp3) is 0.500. The summed E-state index contributed by atoms with van der Waals surface area (Å²) in [6.45, 7) is 7.72. The molecule has 1 heteroatoms. The zero-order valence-corrected chi connectivity index (χ0v) is 10.9. The average molecular weight is 234 g/mol. The Morgan fingerprint density at radius 2 is 1.71 bits per heavy atom. The number of unbranched alkanes of at least 4 members (excludes halogenated alkanes) is 2. The smallest absolute Gasteiger partial charge is 0.0612 e. The van der Waals surface area contributed by atoms with Crippen LogP contribution in [0.5, 0.6) is 0 Å². The van der Waals surface area contributed by atoms with Crippen LogP contribution in [-0.2, 0) is 0 Å². The highest BCUT2D eigenvalue weighted by atomic mass is 16.2. The largest absolute Gasteiger partial charge is 0.392 e. The van der Waals surface area contributed by atoms with Gasteiger partial charge in [0.2, 0.25) is 0 Å². The lowest BCUT2D eigenvalue weighted by molar-refractivity contribution is 0.342. The third-order valence-electron chi connectivity index (χ3n) is 2.69. The molecule has 0 amide bonds. The van der Waals surface area contributed by atoms with E-state index in [1.807, 2.05) is 18.2 Å². The number of hydrogen-bond donors (Lipinski definition) is 1. The van der Waals surface area contributed by atoms with Gasteiger partial charge in [-0.25, -0.2) is 0 Å². The maximum Gasteiger partial charge on any atom is 0.0612 e. The van der Waals surface area contributed by atoms with E-state index in [0.717, 1.165) is 32.1 Å². The standard InChI is InChI=1S/C16H26O/c1-3-5-6-7-8-10-13-16(4-2)14-11-9-12-15-17/h3-4,8-10,12,16-17H,1-2,5-7,11,13-15H2. The van der Waals surface area contributed by atoms with Gasteiger partial charge in [-0.15, -0.1) is 13.2 Å². The van der Waals surface area contributed by atoms with Crippen molar-refractivity contribution in [1.29, 1.82) is 0 Å². The van der Waals surface area contributed by atoms with Gasteiger partial charge in [0.15, 0.2) is 0 Å². The van der Waals surface area contributed by atoms with Gasteiger partial charge in [0, 0.05) is 0 Å². The van der Waals surface area contributed by atoms with Gasteiger partial charge in [-0.3, -0.25) is 0 Å². The summed E-state index contributed by atoms with van der Waals surface area (Å²) in [4.78, 5) is 0.